The van der Waals surface area contributed by atoms with Gasteiger partial charge in [0.1, 0.15) is 16.4 Å². The van der Waals surface area contributed by atoms with Crippen molar-refractivity contribution in [2.45, 2.75) is 30.4 Å². The van der Waals surface area contributed by atoms with Gasteiger partial charge in [-0.15, -0.1) is 0 Å². The van der Waals surface area contributed by atoms with E-state index < -0.39 is 21.1 Å². The summed E-state index contributed by atoms with van der Waals surface area (Å²) in [5, 5.41) is 8.23. The van der Waals surface area contributed by atoms with E-state index in [0.717, 1.165) is 0 Å². The standard InChI is InChI=1S/C13H18O6S/c1-8(2)20(16,17)12-7-10(18-3)9(6-13(14)15)5-11(12)19-4/h5,7-8H,6H2,1-4H3,(H,14,15). The van der Waals surface area contributed by atoms with Crippen molar-refractivity contribution in [1.82, 2.24) is 0 Å². The van der Waals surface area contributed by atoms with Gasteiger partial charge in [0.05, 0.1) is 25.9 Å². The van der Waals surface area contributed by atoms with E-state index >= 15 is 0 Å². The lowest BCUT2D eigenvalue weighted by Crippen LogP contribution is -2.16. The SMILES string of the molecule is COc1cc(S(=O)(=O)C(C)C)c(OC)cc1CC(=O)O. The molecular weight excluding hydrogens is 284 g/mol. The summed E-state index contributed by atoms with van der Waals surface area (Å²) in [5.74, 6) is -0.701. The largest absolute Gasteiger partial charge is 0.496 e. The number of hydrogen-bond acceptors (Lipinski definition) is 5. The molecule has 0 aromatic heterocycles. The third-order valence-corrected chi connectivity index (χ3v) is 5.01. The normalized spacial score (nSPS) is 11.4. The van der Waals surface area contributed by atoms with Gasteiger partial charge in [0, 0.05) is 11.6 Å². The zero-order valence-corrected chi connectivity index (χ0v) is 12.7. The average molecular weight is 302 g/mol. The van der Waals surface area contributed by atoms with Gasteiger partial charge in [-0.2, -0.15) is 0 Å². The Morgan fingerprint density at radius 1 is 1.20 bits per heavy atom. The number of ether oxygens (including phenoxy) is 2. The summed E-state index contributed by atoms with van der Waals surface area (Å²) in [5.41, 5.74) is 0.361. The second kappa shape index (κ2) is 6.13. The maximum atomic E-state index is 12.3. The summed E-state index contributed by atoms with van der Waals surface area (Å²) in [6.07, 6.45) is -0.276. The van der Waals surface area contributed by atoms with Crippen molar-refractivity contribution in [1.29, 1.82) is 0 Å². The van der Waals surface area contributed by atoms with E-state index in [4.69, 9.17) is 14.6 Å². The average Bonchev–Trinajstić information content (AvgIpc) is 2.37. The van der Waals surface area contributed by atoms with Gasteiger partial charge < -0.3 is 14.6 Å². The highest BCUT2D eigenvalue weighted by Crippen LogP contribution is 2.34. The van der Waals surface area contributed by atoms with E-state index in [1.54, 1.807) is 13.8 Å². The van der Waals surface area contributed by atoms with Gasteiger partial charge in [-0.05, 0) is 19.9 Å². The highest BCUT2D eigenvalue weighted by atomic mass is 32.2. The molecule has 0 saturated carbocycles. The number of sulfone groups is 1. The molecule has 0 atom stereocenters. The lowest BCUT2D eigenvalue weighted by atomic mass is 10.1. The summed E-state index contributed by atoms with van der Waals surface area (Å²) in [7, 11) is -0.851. The molecule has 7 heteroatoms. The molecular formula is C13H18O6S. The summed E-state index contributed by atoms with van der Waals surface area (Å²) in [6.45, 7) is 3.12. The predicted molar refractivity (Wildman–Crippen MR) is 73.2 cm³/mol. The molecule has 0 fully saturated rings. The lowest BCUT2D eigenvalue weighted by Gasteiger charge is -2.16. The van der Waals surface area contributed by atoms with Crippen molar-refractivity contribution in [2.75, 3.05) is 14.2 Å². The van der Waals surface area contributed by atoms with Crippen LogP contribution in [0, 0.1) is 0 Å². The van der Waals surface area contributed by atoms with Crippen LogP contribution in [-0.2, 0) is 21.1 Å². The fraction of sp³-hybridized carbons (Fsp3) is 0.462. The summed E-state index contributed by atoms with van der Waals surface area (Å²) in [4.78, 5) is 10.8. The minimum absolute atomic E-state index is 0.000916. The monoisotopic (exact) mass is 302 g/mol. The zero-order valence-electron chi connectivity index (χ0n) is 11.8. The second-order valence-corrected chi connectivity index (χ2v) is 6.95. The van der Waals surface area contributed by atoms with Crippen LogP contribution < -0.4 is 9.47 Å². The highest BCUT2D eigenvalue weighted by molar-refractivity contribution is 7.92. The third-order valence-electron chi connectivity index (χ3n) is 2.84. The van der Waals surface area contributed by atoms with Crippen LogP contribution in [0.4, 0.5) is 0 Å². The molecule has 1 aromatic carbocycles. The molecule has 0 bridgehead atoms. The van der Waals surface area contributed by atoms with Crippen molar-refractivity contribution < 1.29 is 27.8 Å². The Morgan fingerprint density at radius 2 is 1.75 bits per heavy atom. The number of carboxylic acids is 1. The first-order chi connectivity index (χ1) is 9.23. The Hall–Kier alpha value is -1.76. The number of benzene rings is 1. The van der Waals surface area contributed by atoms with Gasteiger partial charge in [-0.3, -0.25) is 4.79 Å². The van der Waals surface area contributed by atoms with Gasteiger partial charge in [0.15, 0.2) is 9.84 Å². The van der Waals surface area contributed by atoms with Gasteiger partial charge >= 0.3 is 5.97 Å². The number of hydrogen-bond donors (Lipinski definition) is 1. The van der Waals surface area contributed by atoms with Gasteiger partial charge in [-0.1, -0.05) is 0 Å². The summed E-state index contributed by atoms with van der Waals surface area (Å²) >= 11 is 0. The van der Waals surface area contributed by atoms with Crippen molar-refractivity contribution in [3.05, 3.63) is 17.7 Å². The van der Waals surface area contributed by atoms with Crippen LogP contribution in [0.3, 0.4) is 0 Å². The van der Waals surface area contributed by atoms with Crippen LogP contribution in [0.5, 0.6) is 11.5 Å². The molecule has 0 amide bonds. The lowest BCUT2D eigenvalue weighted by molar-refractivity contribution is -0.136. The van der Waals surface area contributed by atoms with E-state index in [0.29, 0.717) is 5.56 Å². The molecule has 0 heterocycles. The first-order valence-corrected chi connectivity index (χ1v) is 7.49. The number of rotatable bonds is 6. The Morgan fingerprint density at radius 3 is 2.15 bits per heavy atom. The Labute approximate surface area is 118 Å². The fourth-order valence-electron chi connectivity index (χ4n) is 1.71. The second-order valence-electron chi connectivity index (χ2n) is 4.48. The molecule has 1 N–H and O–H groups in total. The summed E-state index contributed by atoms with van der Waals surface area (Å²) in [6, 6.07) is 2.70. The van der Waals surface area contributed by atoms with E-state index in [2.05, 4.69) is 0 Å². The minimum atomic E-state index is -3.55. The maximum Gasteiger partial charge on any atom is 0.307 e. The van der Waals surface area contributed by atoms with Crippen LogP contribution in [-0.4, -0.2) is 39.0 Å². The molecule has 6 nitrogen and oxygen atoms in total. The minimum Gasteiger partial charge on any atom is -0.496 e. The van der Waals surface area contributed by atoms with Gasteiger partial charge in [0.2, 0.25) is 0 Å². The van der Waals surface area contributed by atoms with Crippen LogP contribution >= 0.6 is 0 Å². The van der Waals surface area contributed by atoms with Crippen LogP contribution in [0.2, 0.25) is 0 Å². The van der Waals surface area contributed by atoms with Crippen molar-refractivity contribution in [3.8, 4) is 11.5 Å². The third kappa shape index (κ3) is 3.22. The molecule has 0 spiro atoms. The molecule has 0 radical (unpaired) electrons. The molecule has 1 aromatic rings. The molecule has 0 aliphatic carbocycles. The number of aliphatic carboxylic acids is 1. The molecule has 20 heavy (non-hydrogen) atoms. The first kappa shape index (κ1) is 16.3. The quantitative estimate of drug-likeness (QED) is 0.856. The van der Waals surface area contributed by atoms with Gasteiger partial charge in [0.25, 0.3) is 0 Å². The molecule has 112 valence electrons. The molecule has 0 unspecified atom stereocenters. The number of methoxy groups -OCH3 is 2. The first-order valence-electron chi connectivity index (χ1n) is 5.94. The van der Waals surface area contributed by atoms with Crippen molar-refractivity contribution in [3.63, 3.8) is 0 Å². The Kier molecular flexibility index (Phi) is 4.99. The topological polar surface area (TPSA) is 89.9 Å². The van der Waals surface area contributed by atoms with E-state index in [-0.39, 0.29) is 22.8 Å². The highest BCUT2D eigenvalue weighted by Gasteiger charge is 2.26. The Bertz CT molecular complexity index is 604. The molecule has 0 aliphatic heterocycles. The maximum absolute atomic E-state index is 12.3. The Balaban J connectivity index is 3.52. The van der Waals surface area contributed by atoms with Crippen LogP contribution in [0.15, 0.2) is 17.0 Å². The van der Waals surface area contributed by atoms with E-state index in [1.165, 1.54) is 26.4 Å². The zero-order chi connectivity index (χ0) is 15.5. The van der Waals surface area contributed by atoms with Crippen LogP contribution in [0.25, 0.3) is 0 Å². The fourth-order valence-corrected chi connectivity index (χ4v) is 2.91. The predicted octanol–water partition coefficient (Wildman–Crippen LogP) is 1.51. The number of carbonyl (C=O) groups is 1. The van der Waals surface area contributed by atoms with E-state index in [1.807, 2.05) is 0 Å². The van der Waals surface area contributed by atoms with E-state index in [9.17, 15) is 13.2 Å². The van der Waals surface area contributed by atoms with Crippen molar-refractivity contribution >= 4 is 15.8 Å². The molecule has 0 aliphatic rings. The smallest absolute Gasteiger partial charge is 0.307 e. The number of carboxylic acid groups (broad SMARTS) is 1. The molecule has 0 saturated heterocycles. The molecule has 1 rings (SSSR count). The van der Waals surface area contributed by atoms with Crippen molar-refractivity contribution in [2.24, 2.45) is 0 Å². The summed E-state index contributed by atoms with van der Waals surface area (Å²) < 4.78 is 34.7. The van der Waals surface area contributed by atoms with Crippen LogP contribution in [0.1, 0.15) is 19.4 Å². The van der Waals surface area contributed by atoms with Gasteiger partial charge in [-0.25, -0.2) is 8.42 Å².